The summed E-state index contributed by atoms with van der Waals surface area (Å²) in [7, 11) is 0. The maximum Gasteiger partial charge on any atom is 0.160 e. The minimum absolute atomic E-state index is 0.0889. The molecule has 0 aromatic heterocycles. The summed E-state index contributed by atoms with van der Waals surface area (Å²) in [6.07, 6.45) is 1.68. The minimum atomic E-state index is -0.0889. The minimum Gasteiger partial charge on any atom is -0.493 e. The predicted octanol–water partition coefficient (Wildman–Crippen LogP) is 2.02. The van der Waals surface area contributed by atoms with Crippen molar-refractivity contribution in [3.05, 3.63) is 30.3 Å². The quantitative estimate of drug-likeness (QED) is 0.756. The summed E-state index contributed by atoms with van der Waals surface area (Å²) in [5, 5.41) is 0. The number of ether oxygens (including phenoxy) is 3. The fraction of sp³-hybridized carbons (Fsp3) is 0.500. The van der Waals surface area contributed by atoms with E-state index in [2.05, 4.69) is 6.07 Å². The molecule has 1 aromatic rings. The highest BCUT2D eigenvalue weighted by Crippen LogP contribution is 2.11. The van der Waals surface area contributed by atoms with Crippen molar-refractivity contribution in [2.45, 2.75) is 19.1 Å². The molecule has 0 atom stereocenters. The van der Waals surface area contributed by atoms with Gasteiger partial charge in [-0.05, 0) is 24.6 Å². The highest BCUT2D eigenvalue weighted by molar-refractivity contribution is 5.20. The van der Waals surface area contributed by atoms with Gasteiger partial charge in [-0.15, -0.1) is 0 Å². The Hall–Kier alpha value is -1.06. The van der Waals surface area contributed by atoms with Gasteiger partial charge in [0.15, 0.2) is 6.29 Å². The van der Waals surface area contributed by atoms with Gasteiger partial charge in [0.2, 0.25) is 0 Å². The lowest BCUT2D eigenvalue weighted by atomic mass is 10.3. The van der Waals surface area contributed by atoms with Gasteiger partial charge < -0.3 is 14.2 Å². The van der Waals surface area contributed by atoms with Crippen molar-refractivity contribution in [3.63, 3.8) is 0 Å². The first-order valence-corrected chi connectivity index (χ1v) is 5.27. The second kappa shape index (κ2) is 5.73. The molecule has 1 aliphatic heterocycles. The summed E-state index contributed by atoms with van der Waals surface area (Å²) in [5.74, 6) is 0.865. The Morgan fingerprint density at radius 3 is 2.73 bits per heavy atom. The molecule has 1 heterocycles. The summed E-state index contributed by atoms with van der Waals surface area (Å²) in [4.78, 5) is 0. The first-order valence-electron chi connectivity index (χ1n) is 5.27. The molecule has 1 saturated heterocycles. The normalized spacial score (nSPS) is 17.6. The van der Waals surface area contributed by atoms with E-state index in [1.54, 1.807) is 0 Å². The van der Waals surface area contributed by atoms with Crippen LogP contribution >= 0.6 is 0 Å². The average molecular weight is 207 g/mol. The molecule has 0 spiro atoms. The molecule has 0 unspecified atom stereocenters. The lowest BCUT2D eigenvalue weighted by Crippen LogP contribution is -2.26. The SMILES string of the molecule is [c]1ccc(OCCC2OCCCO2)cc1. The van der Waals surface area contributed by atoms with Crippen molar-refractivity contribution in [2.24, 2.45) is 0 Å². The Morgan fingerprint density at radius 2 is 2.00 bits per heavy atom. The van der Waals surface area contributed by atoms with Crippen LogP contribution < -0.4 is 4.74 Å². The van der Waals surface area contributed by atoms with Crippen LogP contribution in [-0.2, 0) is 9.47 Å². The van der Waals surface area contributed by atoms with Gasteiger partial charge in [-0.2, -0.15) is 0 Å². The van der Waals surface area contributed by atoms with Crippen LogP contribution in [0.2, 0.25) is 0 Å². The first-order chi connectivity index (χ1) is 7.45. The molecule has 1 aliphatic rings. The molecular weight excluding hydrogens is 192 g/mol. The molecule has 0 saturated carbocycles. The monoisotopic (exact) mass is 207 g/mol. The van der Waals surface area contributed by atoms with Gasteiger partial charge in [0, 0.05) is 6.42 Å². The zero-order valence-corrected chi connectivity index (χ0v) is 8.65. The van der Waals surface area contributed by atoms with Gasteiger partial charge in [-0.25, -0.2) is 0 Å². The number of rotatable bonds is 4. The number of hydrogen-bond donors (Lipinski definition) is 0. The Morgan fingerprint density at radius 1 is 1.27 bits per heavy atom. The van der Waals surface area contributed by atoms with E-state index in [9.17, 15) is 0 Å². The zero-order valence-electron chi connectivity index (χ0n) is 8.65. The maximum absolute atomic E-state index is 5.53. The molecule has 0 aliphatic carbocycles. The summed E-state index contributed by atoms with van der Waals surface area (Å²) in [5.41, 5.74) is 0. The van der Waals surface area contributed by atoms with E-state index in [1.165, 1.54) is 0 Å². The second-order valence-electron chi connectivity index (χ2n) is 3.40. The third kappa shape index (κ3) is 3.53. The third-order valence-electron chi connectivity index (χ3n) is 2.21. The fourth-order valence-corrected chi connectivity index (χ4v) is 1.44. The largest absolute Gasteiger partial charge is 0.493 e. The van der Waals surface area contributed by atoms with Crippen molar-refractivity contribution >= 4 is 0 Å². The van der Waals surface area contributed by atoms with Crippen molar-refractivity contribution < 1.29 is 14.2 Å². The van der Waals surface area contributed by atoms with E-state index in [4.69, 9.17) is 14.2 Å². The summed E-state index contributed by atoms with van der Waals surface area (Å²) >= 11 is 0. The molecule has 0 N–H and O–H groups in total. The topological polar surface area (TPSA) is 27.7 Å². The average Bonchev–Trinajstić information content (AvgIpc) is 2.32. The van der Waals surface area contributed by atoms with Crippen LogP contribution in [0.3, 0.4) is 0 Å². The van der Waals surface area contributed by atoms with Crippen molar-refractivity contribution in [3.8, 4) is 5.75 Å². The van der Waals surface area contributed by atoms with Gasteiger partial charge in [0.05, 0.1) is 19.8 Å². The Balaban J connectivity index is 1.66. The molecule has 1 aromatic carbocycles. The van der Waals surface area contributed by atoms with Crippen LogP contribution in [0, 0.1) is 6.07 Å². The van der Waals surface area contributed by atoms with Gasteiger partial charge in [0.25, 0.3) is 0 Å². The van der Waals surface area contributed by atoms with Crippen molar-refractivity contribution in [1.82, 2.24) is 0 Å². The number of benzene rings is 1. The van der Waals surface area contributed by atoms with Crippen LogP contribution in [0.25, 0.3) is 0 Å². The van der Waals surface area contributed by atoms with Crippen molar-refractivity contribution in [2.75, 3.05) is 19.8 Å². The summed E-state index contributed by atoms with van der Waals surface area (Å²) < 4.78 is 16.3. The Kier molecular flexibility index (Phi) is 4.00. The van der Waals surface area contributed by atoms with Crippen molar-refractivity contribution in [1.29, 1.82) is 0 Å². The molecule has 0 bridgehead atoms. The van der Waals surface area contributed by atoms with E-state index in [0.717, 1.165) is 31.8 Å². The van der Waals surface area contributed by atoms with Crippen LogP contribution in [0.1, 0.15) is 12.8 Å². The Bertz CT molecular complexity index is 267. The molecular formula is C12H15O3. The summed E-state index contributed by atoms with van der Waals surface area (Å²) in [6, 6.07) is 10.4. The first kappa shape index (κ1) is 10.5. The standard InChI is InChI=1S/C12H15O3/c1-2-5-11(6-3-1)13-10-7-12-14-8-4-9-15-12/h2-3,5-6,12H,4,7-10H2. The second-order valence-corrected chi connectivity index (χ2v) is 3.40. The highest BCUT2D eigenvalue weighted by atomic mass is 16.7. The van der Waals surface area contributed by atoms with Gasteiger partial charge in [0.1, 0.15) is 5.75 Å². The lowest BCUT2D eigenvalue weighted by molar-refractivity contribution is -0.183. The predicted molar refractivity (Wildman–Crippen MR) is 55.7 cm³/mol. The van der Waals surface area contributed by atoms with Gasteiger partial charge in [-0.3, -0.25) is 0 Å². The van der Waals surface area contributed by atoms with E-state index >= 15 is 0 Å². The molecule has 1 radical (unpaired) electrons. The fourth-order valence-electron chi connectivity index (χ4n) is 1.44. The molecule has 15 heavy (non-hydrogen) atoms. The maximum atomic E-state index is 5.53. The number of hydrogen-bond acceptors (Lipinski definition) is 3. The zero-order chi connectivity index (χ0) is 10.3. The molecule has 1 fully saturated rings. The summed E-state index contributed by atoms with van der Waals surface area (Å²) in [6.45, 7) is 2.21. The van der Waals surface area contributed by atoms with E-state index < -0.39 is 0 Å². The Labute approximate surface area is 90.0 Å². The smallest absolute Gasteiger partial charge is 0.160 e. The molecule has 3 heteroatoms. The van der Waals surface area contributed by atoms with E-state index in [-0.39, 0.29) is 6.29 Å². The molecule has 3 nitrogen and oxygen atoms in total. The van der Waals surface area contributed by atoms with Crippen LogP contribution in [-0.4, -0.2) is 26.1 Å². The lowest BCUT2D eigenvalue weighted by Gasteiger charge is -2.23. The van der Waals surface area contributed by atoms with E-state index in [1.807, 2.05) is 24.3 Å². The van der Waals surface area contributed by atoms with Gasteiger partial charge in [-0.1, -0.05) is 12.1 Å². The molecule has 81 valence electrons. The highest BCUT2D eigenvalue weighted by Gasteiger charge is 2.13. The van der Waals surface area contributed by atoms with Gasteiger partial charge >= 0.3 is 0 Å². The molecule has 2 rings (SSSR count). The van der Waals surface area contributed by atoms with Crippen LogP contribution in [0.4, 0.5) is 0 Å². The molecule has 0 amide bonds. The van der Waals surface area contributed by atoms with Crippen LogP contribution in [0.15, 0.2) is 24.3 Å². The van der Waals surface area contributed by atoms with Crippen LogP contribution in [0.5, 0.6) is 5.75 Å². The van der Waals surface area contributed by atoms with E-state index in [0.29, 0.717) is 6.61 Å². The third-order valence-corrected chi connectivity index (χ3v) is 2.21.